The lowest BCUT2D eigenvalue weighted by atomic mass is 10.0. The summed E-state index contributed by atoms with van der Waals surface area (Å²) in [6, 6.07) is 10.2. The Morgan fingerprint density at radius 2 is 2.12 bits per heavy atom. The minimum Gasteiger partial charge on any atom is -0.486 e. The molecule has 0 radical (unpaired) electrons. The van der Waals surface area contributed by atoms with Gasteiger partial charge in [0, 0.05) is 18.2 Å². The lowest BCUT2D eigenvalue weighted by Crippen LogP contribution is -2.15. The summed E-state index contributed by atoms with van der Waals surface area (Å²) in [5.41, 5.74) is 1.01. The van der Waals surface area contributed by atoms with Crippen LogP contribution in [0.15, 0.2) is 42.5 Å². The standard InChI is InChI=1S/C20H22F2N2O2/c21-16-3-1-2-15(10-16)13-26-19-6-5-17(11-18(19)22)24-20(25)7-4-14-8-9-23-12-14/h1-3,5-6,10-11,14,23H,4,7-9,12-13H2,(H,24,25). The van der Waals surface area contributed by atoms with Gasteiger partial charge in [-0.1, -0.05) is 12.1 Å². The molecule has 6 heteroatoms. The van der Waals surface area contributed by atoms with Crippen molar-refractivity contribution < 1.29 is 18.3 Å². The third-order valence-corrected chi connectivity index (χ3v) is 4.44. The van der Waals surface area contributed by atoms with Crippen LogP contribution in [0.5, 0.6) is 5.75 Å². The van der Waals surface area contributed by atoms with Gasteiger partial charge in [0.2, 0.25) is 5.91 Å². The van der Waals surface area contributed by atoms with Crippen LogP contribution in [-0.2, 0) is 11.4 Å². The number of hydrogen-bond donors (Lipinski definition) is 2. The van der Waals surface area contributed by atoms with E-state index in [2.05, 4.69) is 10.6 Å². The highest BCUT2D eigenvalue weighted by molar-refractivity contribution is 5.90. The molecule has 0 bridgehead atoms. The number of rotatable bonds is 7. The van der Waals surface area contributed by atoms with E-state index in [4.69, 9.17) is 4.74 Å². The Kier molecular flexibility index (Phi) is 6.17. The second-order valence-electron chi connectivity index (χ2n) is 6.51. The molecule has 26 heavy (non-hydrogen) atoms. The van der Waals surface area contributed by atoms with Crippen LogP contribution in [0.1, 0.15) is 24.8 Å². The van der Waals surface area contributed by atoms with Crippen LogP contribution in [0.2, 0.25) is 0 Å². The molecule has 1 aliphatic rings. The maximum Gasteiger partial charge on any atom is 0.224 e. The Morgan fingerprint density at radius 3 is 2.85 bits per heavy atom. The quantitative estimate of drug-likeness (QED) is 0.788. The first-order valence-electron chi connectivity index (χ1n) is 8.77. The van der Waals surface area contributed by atoms with Gasteiger partial charge in [-0.15, -0.1) is 0 Å². The molecule has 3 rings (SSSR count). The Morgan fingerprint density at radius 1 is 1.23 bits per heavy atom. The number of ether oxygens (including phenoxy) is 1. The maximum absolute atomic E-state index is 14.2. The van der Waals surface area contributed by atoms with Crippen LogP contribution in [-0.4, -0.2) is 19.0 Å². The summed E-state index contributed by atoms with van der Waals surface area (Å²) in [5, 5.41) is 5.98. The number of hydrogen-bond acceptors (Lipinski definition) is 3. The lowest BCUT2D eigenvalue weighted by Gasteiger charge is -2.11. The van der Waals surface area contributed by atoms with E-state index in [1.165, 1.54) is 24.3 Å². The molecule has 2 N–H and O–H groups in total. The van der Waals surface area contributed by atoms with E-state index >= 15 is 0 Å². The topological polar surface area (TPSA) is 50.4 Å². The smallest absolute Gasteiger partial charge is 0.224 e. The summed E-state index contributed by atoms with van der Waals surface area (Å²) in [7, 11) is 0. The highest BCUT2D eigenvalue weighted by Crippen LogP contribution is 2.23. The normalized spacial score (nSPS) is 16.5. The molecule has 0 spiro atoms. The van der Waals surface area contributed by atoms with E-state index in [1.807, 2.05) is 0 Å². The predicted octanol–water partition coefficient (Wildman–Crippen LogP) is 3.87. The summed E-state index contributed by atoms with van der Waals surface area (Å²) in [4.78, 5) is 12.0. The molecule has 2 aromatic rings. The van der Waals surface area contributed by atoms with E-state index < -0.39 is 5.82 Å². The van der Waals surface area contributed by atoms with Gasteiger partial charge in [-0.05, 0) is 61.7 Å². The molecule has 138 valence electrons. The molecule has 0 saturated carbocycles. The zero-order chi connectivity index (χ0) is 18.4. The molecule has 0 aromatic heterocycles. The van der Waals surface area contributed by atoms with Gasteiger partial charge in [0.1, 0.15) is 12.4 Å². The lowest BCUT2D eigenvalue weighted by molar-refractivity contribution is -0.116. The van der Waals surface area contributed by atoms with Crippen LogP contribution < -0.4 is 15.4 Å². The summed E-state index contributed by atoms with van der Waals surface area (Å²) < 4.78 is 32.7. The zero-order valence-corrected chi connectivity index (χ0v) is 14.4. The number of anilines is 1. The number of benzene rings is 2. The third kappa shape index (κ3) is 5.26. The Bertz CT molecular complexity index is 761. The van der Waals surface area contributed by atoms with Gasteiger partial charge in [-0.2, -0.15) is 0 Å². The fourth-order valence-electron chi connectivity index (χ4n) is 3.00. The molecule has 1 fully saturated rings. The highest BCUT2D eigenvalue weighted by atomic mass is 19.1. The fraction of sp³-hybridized carbons (Fsp3) is 0.350. The summed E-state index contributed by atoms with van der Waals surface area (Å²) in [6.07, 6.45) is 2.35. The average molecular weight is 360 g/mol. The highest BCUT2D eigenvalue weighted by Gasteiger charge is 2.16. The molecular weight excluding hydrogens is 338 g/mol. The molecule has 4 nitrogen and oxygen atoms in total. The van der Waals surface area contributed by atoms with Gasteiger partial charge in [0.15, 0.2) is 11.6 Å². The monoisotopic (exact) mass is 360 g/mol. The summed E-state index contributed by atoms with van der Waals surface area (Å²) in [5.74, 6) is -0.456. The first-order valence-corrected chi connectivity index (χ1v) is 8.77. The van der Waals surface area contributed by atoms with Crippen LogP contribution in [0.4, 0.5) is 14.5 Å². The summed E-state index contributed by atoms with van der Waals surface area (Å²) in [6.45, 7) is 2.03. The van der Waals surface area contributed by atoms with Crippen molar-refractivity contribution in [2.24, 2.45) is 5.92 Å². The van der Waals surface area contributed by atoms with Crippen LogP contribution in [0.3, 0.4) is 0 Å². The second-order valence-corrected chi connectivity index (χ2v) is 6.51. The SMILES string of the molecule is O=C(CCC1CCNC1)Nc1ccc(OCc2cccc(F)c2)c(F)c1. The minimum absolute atomic E-state index is 0.0595. The average Bonchev–Trinajstić information content (AvgIpc) is 3.13. The number of carbonyl (C=O) groups excluding carboxylic acids is 1. The van der Waals surface area contributed by atoms with Crippen molar-refractivity contribution in [3.05, 3.63) is 59.7 Å². The Balaban J connectivity index is 1.50. The van der Waals surface area contributed by atoms with Crippen molar-refractivity contribution >= 4 is 11.6 Å². The number of amides is 1. The molecule has 1 unspecified atom stereocenters. The van der Waals surface area contributed by atoms with Crippen molar-refractivity contribution in [1.82, 2.24) is 5.32 Å². The van der Waals surface area contributed by atoms with Gasteiger partial charge < -0.3 is 15.4 Å². The van der Waals surface area contributed by atoms with Gasteiger partial charge in [0.25, 0.3) is 0 Å². The maximum atomic E-state index is 14.2. The largest absolute Gasteiger partial charge is 0.486 e. The van der Waals surface area contributed by atoms with Crippen LogP contribution in [0.25, 0.3) is 0 Å². The van der Waals surface area contributed by atoms with Crippen molar-refractivity contribution in [3.63, 3.8) is 0 Å². The number of nitrogens with one attached hydrogen (secondary N) is 2. The van der Waals surface area contributed by atoms with Crippen molar-refractivity contribution in [2.75, 3.05) is 18.4 Å². The van der Waals surface area contributed by atoms with Crippen molar-refractivity contribution in [1.29, 1.82) is 0 Å². The molecule has 1 amide bonds. The van der Waals surface area contributed by atoms with E-state index in [1.54, 1.807) is 18.2 Å². The van der Waals surface area contributed by atoms with E-state index in [-0.39, 0.29) is 24.1 Å². The van der Waals surface area contributed by atoms with Gasteiger partial charge in [-0.25, -0.2) is 8.78 Å². The molecule has 0 aliphatic carbocycles. The third-order valence-electron chi connectivity index (χ3n) is 4.44. The first-order chi connectivity index (χ1) is 12.6. The van der Waals surface area contributed by atoms with Gasteiger partial charge in [-0.3, -0.25) is 4.79 Å². The Hall–Kier alpha value is -2.47. The molecule has 1 saturated heterocycles. The number of carbonyl (C=O) groups is 1. The van der Waals surface area contributed by atoms with E-state index in [9.17, 15) is 13.6 Å². The second kappa shape index (κ2) is 8.76. The summed E-state index contributed by atoms with van der Waals surface area (Å²) >= 11 is 0. The molecule has 1 aliphatic heterocycles. The molecule has 1 atom stereocenters. The van der Waals surface area contributed by atoms with Crippen molar-refractivity contribution in [3.8, 4) is 5.75 Å². The predicted molar refractivity (Wildman–Crippen MR) is 96.0 cm³/mol. The van der Waals surface area contributed by atoms with E-state index in [0.29, 0.717) is 23.6 Å². The molecular formula is C20H22F2N2O2. The zero-order valence-electron chi connectivity index (χ0n) is 14.4. The van der Waals surface area contributed by atoms with Crippen LogP contribution in [0, 0.1) is 17.6 Å². The van der Waals surface area contributed by atoms with Crippen LogP contribution >= 0.6 is 0 Å². The first kappa shape index (κ1) is 18.3. The fourth-order valence-corrected chi connectivity index (χ4v) is 3.00. The van der Waals surface area contributed by atoms with Gasteiger partial charge in [0.05, 0.1) is 0 Å². The molecule has 2 aromatic carbocycles. The molecule has 1 heterocycles. The van der Waals surface area contributed by atoms with Gasteiger partial charge >= 0.3 is 0 Å². The Labute approximate surface area is 151 Å². The minimum atomic E-state index is -0.570. The van der Waals surface area contributed by atoms with Crippen molar-refractivity contribution in [2.45, 2.75) is 25.9 Å². The van der Waals surface area contributed by atoms with E-state index in [0.717, 1.165) is 25.9 Å². The number of halogens is 2.